The molecule has 4 rings (SSSR count). The topological polar surface area (TPSA) is 76.0 Å². The molecule has 1 saturated heterocycles. The third-order valence-corrected chi connectivity index (χ3v) is 5.10. The van der Waals surface area contributed by atoms with E-state index in [4.69, 9.17) is 9.15 Å². The molecular weight excluding hydrogens is 316 g/mol. The molecule has 0 unspecified atom stereocenters. The fourth-order valence-corrected chi connectivity index (χ4v) is 4.29. The summed E-state index contributed by atoms with van der Waals surface area (Å²) in [6.07, 6.45) is 3.35. The van der Waals surface area contributed by atoms with Gasteiger partial charge in [0, 0.05) is 13.1 Å². The predicted octanol–water partition coefficient (Wildman–Crippen LogP) is 2.29. The smallest absolute Gasteiger partial charge is 0.230 e. The summed E-state index contributed by atoms with van der Waals surface area (Å²) >= 11 is 1.43. The highest BCUT2D eigenvalue weighted by Gasteiger charge is 2.35. The van der Waals surface area contributed by atoms with E-state index >= 15 is 0 Å². The Morgan fingerprint density at radius 1 is 1.35 bits per heavy atom. The summed E-state index contributed by atoms with van der Waals surface area (Å²) in [5.74, 6) is 0.918. The lowest BCUT2D eigenvalue weighted by Gasteiger charge is -2.39. The lowest BCUT2D eigenvalue weighted by molar-refractivity contribution is -0.0781. The van der Waals surface area contributed by atoms with Crippen LogP contribution >= 0.6 is 11.3 Å². The Morgan fingerprint density at radius 3 is 2.78 bits per heavy atom. The Kier molecular flexibility index (Phi) is 3.59. The number of hydrogen-bond donors (Lipinski definition) is 1. The molecule has 3 atom stereocenters. The van der Waals surface area contributed by atoms with E-state index in [1.54, 1.807) is 6.26 Å². The average Bonchev–Trinajstić information content (AvgIpc) is 3.20. The van der Waals surface area contributed by atoms with Crippen molar-refractivity contribution < 1.29 is 14.3 Å². The van der Waals surface area contributed by atoms with Gasteiger partial charge in [0.05, 0.1) is 23.3 Å². The number of fused-ring (bicyclic) bond motifs is 1. The van der Waals surface area contributed by atoms with E-state index in [-0.39, 0.29) is 24.1 Å². The van der Waals surface area contributed by atoms with Gasteiger partial charge in [-0.3, -0.25) is 4.90 Å². The van der Waals surface area contributed by atoms with Crippen molar-refractivity contribution in [2.75, 3.05) is 13.1 Å². The summed E-state index contributed by atoms with van der Waals surface area (Å²) in [5, 5.41) is 14.7. The fraction of sp³-hybridized carbons (Fsp3) is 0.467. The van der Waals surface area contributed by atoms with Crippen LogP contribution in [0.15, 0.2) is 29.1 Å². The molecule has 0 saturated carbocycles. The largest absolute Gasteiger partial charge is 0.492 e. The molecule has 0 bridgehead atoms. The molecule has 1 aliphatic rings. The maximum absolute atomic E-state index is 10.6. The van der Waals surface area contributed by atoms with Crippen LogP contribution in [0.3, 0.4) is 0 Å². The zero-order chi connectivity index (χ0) is 16.0. The minimum Gasteiger partial charge on any atom is -0.492 e. The summed E-state index contributed by atoms with van der Waals surface area (Å²) in [7, 11) is 0. The fourth-order valence-electron chi connectivity index (χ4n) is 3.22. The van der Waals surface area contributed by atoms with E-state index in [0.717, 1.165) is 23.7 Å². The maximum atomic E-state index is 10.6. The molecule has 0 aromatic carbocycles. The third-order valence-electron chi connectivity index (χ3n) is 4.01. The van der Waals surface area contributed by atoms with Crippen LogP contribution in [0.5, 0.6) is 5.88 Å². The summed E-state index contributed by atoms with van der Waals surface area (Å²) < 4.78 is 13.0. The second kappa shape index (κ2) is 5.63. The van der Waals surface area contributed by atoms with Crippen molar-refractivity contribution in [2.24, 2.45) is 0 Å². The summed E-state index contributed by atoms with van der Waals surface area (Å²) in [4.78, 5) is 7.91. The molecule has 3 aromatic rings. The average molecular weight is 334 g/mol. The normalized spacial score (nSPS) is 24.3. The Bertz CT molecular complexity index is 787. The van der Waals surface area contributed by atoms with E-state index < -0.39 is 0 Å². The van der Waals surface area contributed by atoms with Gasteiger partial charge in [0.2, 0.25) is 10.8 Å². The number of nitrogens with zero attached hydrogens (tertiary/aromatic N) is 4. The van der Waals surface area contributed by atoms with Gasteiger partial charge in [-0.25, -0.2) is 4.98 Å². The van der Waals surface area contributed by atoms with Crippen LogP contribution in [0.4, 0.5) is 0 Å². The Balaban J connectivity index is 1.79. The molecular formula is C15H18N4O3S. The molecule has 8 heteroatoms. The maximum Gasteiger partial charge on any atom is 0.230 e. The van der Waals surface area contributed by atoms with Crippen LogP contribution in [0.25, 0.3) is 4.96 Å². The zero-order valence-corrected chi connectivity index (χ0v) is 13.7. The van der Waals surface area contributed by atoms with E-state index in [1.165, 1.54) is 22.2 Å². The standard InChI is InChI=1S/C15H18N4O3S/c1-9-6-18(7-10(2)22-9)12(11-4-3-5-21-11)13-14(20)19-15(23-13)16-8-17-19/h3-5,8-10,12,20H,6-7H2,1-2H3/t9-,10-,12+/m1/s1. The zero-order valence-electron chi connectivity index (χ0n) is 12.9. The molecule has 0 aliphatic carbocycles. The molecule has 0 spiro atoms. The molecule has 122 valence electrons. The van der Waals surface area contributed by atoms with Crippen LogP contribution in [0.2, 0.25) is 0 Å². The lowest BCUT2D eigenvalue weighted by atomic mass is 10.1. The number of thiazole rings is 1. The van der Waals surface area contributed by atoms with E-state index in [2.05, 4.69) is 28.8 Å². The van der Waals surface area contributed by atoms with Gasteiger partial charge >= 0.3 is 0 Å². The van der Waals surface area contributed by atoms with Gasteiger partial charge in [0.15, 0.2) is 0 Å². The van der Waals surface area contributed by atoms with Gasteiger partial charge in [-0.15, -0.1) is 0 Å². The molecule has 7 nitrogen and oxygen atoms in total. The molecule has 1 N–H and O–H groups in total. The van der Waals surface area contributed by atoms with Crippen LogP contribution in [-0.2, 0) is 4.74 Å². The summed E-state index contributed by atoms with van der Waals surface area (Å²) in [5.41, 5.74) is 0. The molecule has 1 aliphatic heterocycles. The van der Waals surface area contributed by atoms with Gasteiger partial charge in [-0.1, -0.05) is 11.3 Å². The van der Waals surface area contributed by atoms with Crippen molar-refractivity contribution in [3.05, 3.63) is 35.4 Å². The summed E-state index contributed by atoms with van der Waals surface area (Å²) in [6, 6.07) is 3.63. The molecule has 0 radical (unpaired) electrons. The van der Waals surface area contributed by atoms with Crippen molar-refractivity contribution in [1.29, 1.82) is 0 Å². The highest BCUT2D eigenvalue weighted by atomic mass is 32.1. The van der Waals surface area contributed by atoms with Gasteiger partial charge < -0.3 is 14.3 Å². The molecule has 3 aromatic heterocycles. The third kappa shape index (κ3) is 2.52. The number of aromatic nitrogens is 3. The number of rotatable bonds is 3. The number of ether oxygens (including phenoxy) is 1. The second-order valence-corrected chi connectivity index (χ2v) is 6.88. The van der Waals surface area contributed by atoms with E-state index in [1.807, 2.05) is 12.1 Å². The highest BCUT2D eigenvalue weighted by molar-refractivity contribution is 7.17. The number of aromatic hydroxyl groups is 1. The molecule has 1 fully saturated rings. The number of furan rings is 1. The van der Waals surface area contributed by atoms with Crippen LogP contribution < -0.4 is 0 Å². The highest BCUT2D eigenvalue weighted by Crippen LogP contribution is 2.40. The monoisotopic (exact) mass is 334 g/mol. The Labute approximate surface area is 137 Å². The van der Waals surface area contributed by atoms with Gasteiger partial charge in [0.25, 0.3) is 0 Å². The molecule has 0 amide bonds. The first-order valence-corrected chi connectivity index (χ1v) is 8.39. The van der Waals surface area contributed by atoms with Crippen molar-refractivity contribution in [1.82, 2.24) is 19.5 Å². The number of morpholine rings is 1. The van der Waals surface area contributed by atoms with Gasteiger partial charge in [-0.05, 0) is 26.0 Å². The quantitative estimate of drug-likeness (QED) is 0.792. The van der Waals surface area contributed by atoms with Crippen molar-refractivity contribution in [3.63, 3.8) is 0 Å². The first kappa shape index (κ1) is 14.7. The molecule has 4 heterocycles. The van der Waals surface area contributed by atoms with Gasteiger partial charge in [-0.2, -0.15) is 9.61 Å². The van der Waals surface area contributed by atoms with Crippen LogP contribution in [-0.4, -0.2) is 49.9 Å². The van der Waals surface area contributed by atoms with Crippen molar-refractivity contribution in [2.45, 2.75) is 32.1 Å². The van der Waals surface area contributed by atoms with Crippen LogP contribution in [0.1, 0.15) is 30.5 Å². The van der Waals surface area contributed by atoms with Crippen LogP contribution in [0, 0.1) is 0 Å². The SMILES string of the molecule is C[C@@H]1CN([C@@H](c2ccco2)c2sc3ncnn3c2O)C[C@@H](C)O1. The summed E-state index contributed by atoms with van der Waals surface area (Å²) in [6.45, 7) is 5.65. The Morgan fingerprint density at radius 2 is 2.13 bits per heavy atom. The Hall–Kier alpha value is -1.90. The van der Waals surface area contributed by atoms with E-state index in [9.17, 15) is 5.11 Å². The van der Waals surface area contributed by atoms with E-state index in [0.29, 0.717) is 4.96 Å². The predicted molar refractivity (Wildman–Crippen MR) is 84.7 cm³/mol. The van der Waals surface area contributed by atoms with Crippen molar-refractivity contribution in [3.8, 4) is 5.88 Å². The first-order chi connectivity index (χ1) is 11.1. The minimum atomic E-state index is -0.174. The lowest BCUT2D eigenvalue weighted by Crippen LogP contribution is -2.47. The van der Waals surface area contributed by atoms with Gasteiger partial charge in [0.1, 0.15) is 18.1 Å². The first-order valence-electron chi connectivity index (χ1n) is 7.57. The number of hydrogen-bond acceptors (Lipinski definition) is 7. The van der Waals surface area contributed by atoms with Crippen molar-refractivity contribution >= 4 is 16.3 Å². The second-order valence-electron chi connectivity index (χ2n) is 5.87. The molecule has 23 heavy (non-hydrogen) atoms. The minimum absolute atomic E-state index is 0.121.